The molecule has 0 spiro atoms. The number of hydrogen-bond acceptors (Lipinski definition) is 4. The Morgan fingerprint density at radius 3 is 2.81 bits per heavy atom. The molecule has 2 fully saturated rings. The van der Waals surface area contributed by atoms with Crippen molar-refractivity contribution in [1.82, 2.24) is 10.2 Å². The summed E-state index contributed by atoms with van der Waals surface area (Å²) in [5, 5.41) is 13.5. The van der Waals surface area contributed by atoms with Crippen molar-refractivity contribution in [2.75, 3.05) is 26.3 Å². The molecule has 2 N–H and O–H groups in total. The Hall–Kier alpha value is -1.10. The van der Waals surface area contributed by atoms with Crippen LogP contribution in [0.1, 0.15) is 30.4 Å². The number of piperidine rings is 1. The van der Waals surface area contributed by atoms with Gasteiger partial charge in [0.15, 0.2) is 0 Å². The lowest BCUT2D eigenvalue weighted by Gasteiger charge is -2.35. The Morgan fingerprint density at radius 2 is 2.10 bits per heavy atom. The number of phenols is 1. The van der Waals surface area contributed by atoms with E-state index in [1.807, 2.05) is 6.07 Å². The molecule has 0 aromatic heterocycles. The highest BCUT2D eigenvalue weighted by atomic mass is 16.5. The topological polar surface area (TPSA) is 44.7 Å². The molecule has 2 aliphatic heterocycles. The fourth-order valence-electron chi connectivity index (χ4n) is 3.39. The molecule has 2 heterocycles. The predicted octanol–water partition coefficient (Wildman–Crippen LogP) is 2.04. The zero-order chi connectivity index (χ0) is 14.7. The molecule has 1 unspecified atom stereocenters. The van der Waals surface area contributed by atoms with E-state index >= 15 is 0 Å². The number of likely N-dealkylation sites (tertiary alicyclic amines) is 1. The van der Waals surface area contributed by atoms with Crippen molar-refractivity contribution in [1.29, 1.82) is 0 Å². The Kier molecular flexibility index (Phi) is 4.78. The van der Waals surface area contributed by atoms with Crippen LogP contribution in [-0.2, 0) is 11.3 Å². The predicted molar refractivity (Wildman–Crippen MR) is 83.5 cm³/mol. The Balaban J connectivity index is 1.46. The summed E-state index contributed by atoms with van der Waals surface area (Å²) < 4.78 is 5.48. The standard InChI is InChI=1S/C17H26N2O2/c1-13-2-3-17(20)14(10-13)11-18-15-4-7-19(8-5-15)16-6-9-21-12-16/h2-3,10,15-16,18,20H,4-9,11-12H2,1H3. The van der Waals surface area contributed by atoms with E-state index in [0.717, 1.165) is 38.4 Å². The second-order valence-corrected chi connectivity index (χ2v) is 6.34. The van der Waals surface area contributed by atoms with E-state index in [-0.39, 0.29) is 0 Å². The van der Waals surface area contributed by atoms with Gasteiger partial charge in [-0.05, 0) is 32.3 Å². The van der Waals surface area contributed by atoms with Gasteiger partial charge in [-0.25, -0.2) is 0 Å². The number of benzene rings is 1. The van der Waals surface area contributed by atoms with Gasteiger partial charge in [0.25, 0.3) is 0 Å². The Bertz CT molecular complexity index is 464. The molecule has 3 rings (SSSR count). The lowest BCUT2D eigenvalue weighted by atomic mass is 10.0. The molecule has 0 radical (unpaired) electrons. The fourth-order valence-corrected chi connectivity index (χ4v) is 3.39. The summed E-state index contributed by atoms with van der Waals surface area (Å²) >= 11 is 0. The Morgan fingerprint density at radius 1 is 1.29 bits per heavy atom. The summed E-state index contributed by atoms with van der Waals surface area (Å²) in [6.45, 7) is 6.97. The van der Waals surface area contributed by atoms with Crippen LogP contribution in [0.15, 0.2) is 18.2 Å². The van der Waals surface area contributed by atoms with Crippen LogP contribution in [0.5, 0.6) is 5.75 Å². The number of hydrogen-bond donors (Lipinski definition) is 2. The van der Waals surface area contributed by atoms with Crippen LogP contribution >= 0.6 is 0 Å². The zero-order valence-electron chi connectivity index (χ0n) is 12.8. The van der Waals surface area contributed by atoms with Gasteiger partial charge < -0.3 is 15.2 Å². The summed E-state index contributed by atoms with van der Waals surface area (Å²) in [5.74, 6) is 0.397. The van der Waals surface area contributed by atoms with Gasteiger partial charge in [0.05, 0.1) is 6.61 Å². The quantitative estimate of drug-likeness (QED) is 0.891. The number of nitrogens with one attached hydrogen (secondary N) is 1. The molecule has 1 atom stereocenters. The molecule has 4 nitrogen and oxygen atoms in total. The number of aromatic hydroxyl groups is 1. The summed E-state index contributed by atoms with van der Waals surface area (Å²) in [6, 6.07) is 7.00. The highest BCUT2D eigenvalue weighted by molar-refractivity contribution is 5.35. The summed E-state index contributed by atoms with van der Waals surface area (Å²) in [7, 11) is 0. The number of rotatable bonds is 4. The van der Waals surface area contributed by atoms with Gasteiger partial charge in [-0.2, -0.15) is 0 Å². The van der Waals surface area contributed by atoms with E-state index in [0.29, 0.717) is 17.8 Å². The molecule has 2 aliphatic rings. The highest BCUT2D eigenvalue weighted by Crippen LogP contribution is 2.21. The molecule has 0 amide bonds. The lowest BCUT2D eigenvalue weighted by Crippen LogP contribution is -2.46. The van der Waals surface area contributed by atoms with Gasteiger partial charge in [0, 0.05) is 43.9 Å². The van der Waals surface area contributed by atoms with Gasteiger partial charge in [0.2, 0.25) is 0 Å². The molecule has 21 heavy (non-hydrogen) atoms. The van der Waals surface area contributed by atoms with E-state index in [1.54, 1.807) is 6.07 Å². The van der Waals surface area contributed by atoms with Crippen molar-refractivity contribution in [3.8, 4) is 5.75 Å². The normalized spacial score (nSPS) is 24.5. The van der Waals surface area contributed by atoms with Crippen molar-refractivity contribution in [3.63, 3.8) is 0 Å². The second-order valence-electron chi connectivity index (χ2n) is 6.34. The first-order chi connectivity index (χ1) is 10.2. The maximum Gasteiger partial charge on any atom is 0.120 e. The number of ether oxygens (including phenoxy) is 1. The summed E-state index contributed by atoms with van der Waals surface area (Å²) in [4.78, 5) is 2.58. The first kappa shape index (κ1) is 14.8. The summed E-state index contributed by atoms with van der Waals surface area (Å²) in [6.07, 6.45) is 3.56. The average molecular weight is 290 g/mol. The smallest absolute Gasteiger partial charge is 0.120 e. The van der Waals surface area contributed by atoms with Crippen LogP contribution in [0.2, 0.25) is 0 Å². The van der Waals surface area contributed by atoms with Crippen LogP contribution in [0, 0.1) is 6.92 Å². The third-order valence-corrected chi connectivity index (χ3v) is 4.77. The fraction of sp³-hybridized carbons (Fsp3) is 0.647. The van der Waals surface area contributed by atoms with Crippen LogP contribution in [0.25, 0.3) is 0 Å². The number of nitrogens with zero attached hydrogens (tertiary/aromatic N) is 1. The van der Waals surface area contributed by atoms with E-state index in [2.05, 4.69) is 23.2 Å². The molecule has 0 bridgehead atoms. The van der Waals surface area contributed by atoms with Crippen molar-refractivity contribution in [3.05, 3.63) is 29.3 Å². The second kappa shape index (κ2) is 6.77. The minimum absolute atomic E-state index is 0.397. The summed E-state index contributed by atoms with van der Waals surface area (Å²) in [5.41, 5.74) is 2.20. The average Bonchev–Trinajstić information content (AvgIpc) is 3.03. The molecule has 4 heteroatoms. The van der Waals surface area contributed by atoms with Gasteiger partial charge in [-0.1, -0.05) is 17.7 Å². The van der Waals surface area contributed by atoms with Crippen LogP contribution < -0.4 is 5.32 Å². The molecule has 0 saturated carbocycles. The van der Waals surface area contributed by atoms with Gasteiger partial charge in [-0.3, -0.25) is 4.90 Å². The van der Waals surface area contributed by atoms with E-state index in [9.17, 15) is 5.11 Å². The minimum Gasteiger partial charge on any atom is -0.508 e. The van der Waals surface area contributed by atoms with E-state index in [4.69, 9.17) is 4.74 Å². The maximum atomic E-state index is 9.89. The van der Waals surface area contributed by atoms with Gasteiger partial charge in [-0.15, -0.1) is 0 Å². The minimum atomic E-state index is 0.397. The monoisotopic (exact) mass is 290 g/mol. The van der Waals surface area contributed by atoms with Gasteiger partial charge >= 0.3 is 0 Å². The molecule has 2 saturated heterocycles. The van der Waals surface area contributed by atoms with Crippen LogP contribution in [-0.4, -0.2) is 48.4 Å². The largest absolute Gasteiger partial charge is 0.508 e. The molecular weight excluding hydrogens is 264 g/mol. The zero-order valence-corrected chi connectivity index (χ0v) is 12.8. The lowest BCUT2D eigenvalue weighted by molar-refractivity contribution is 0.117. The van der Waals surface area contributed by atoms with Gasteiger partial charge in [0.1, 0.15) is 5.75 Å². The van der Waals surface area contributed by atoms with Crippen LogP contribution in [0.4, 0.5) is 0 Å². The molecule has 116 valence electrons. The number of aryl methyl sites for hydroxylation is 1. The van der Waals surface area contributed by atoms with Crippen molar-refractivity contribution >= 4 is 0 Å². The van der Waals surface area contributed by atoms with Crippen molar-refractivity contribution < 1.29 is 9.84 Å². The molecule has 0 aliphatic carbocycles. The first-order valence-corrected chi connectivity index (χ1v) is 8.06. The highest BCUT2D eigenvalue weighted by Gasteiger charge is 2.27. The third kappa shape index (κ3) is 3.76. The third-order valence-electron chi connectivity index (χ3n) is 4.77. The molecule has 1 aromatic carbocycles. The molecular formula is C17H26N2O2. The van der Waals surface area contributed by atoms with Crippen molar-refractivity contribution in [2.45, 2.75) is 44.8 Å². The number of phenolic OH excluding ortho intramolecular Hbond substituents is 1. The van der Waals surface area contributed by atoms with E-state index < -0.39 is 0 Å². The van der Waals surface area contributed by atoms with Crippen molar-refractivity contribution in [2.24, 2.45) is 0 Å². The first-order valence-electron chi connectivity index (χ1n) is 8.06. The SMILES string of the molecule is Cc1ccc(O)c(CNC2CCN(C3CCOC3)CC2)c1. The maximum absolute atomic E-state index is 9.89. The van der Waals surface area contributed by atoms with Crippen LogP contribution in [0.3, 0.4) is 0 Å². The Labute approximate surface area is 127 Å². The molecule has 1 aromatic rings. The van der Waals surface area contributed by atoms with E-state index in [1.165, 1.54) is 24.8 Å².